The van der Waals surface area contributed by atoms with Crippen molar-refractivity contribution in [3.63, 3.8) is 0 Å². The van der Waals surface area contributed by atoms with Crippen molar-refractivity contribution in [1.82, 2.24) is 28.4 Å². The number of hydrogen-bond donors (Lipinski definition) is 1. The van der Waals surface area contributed by atoms with Crippen LogP contribution in [0.1, 0.15) is 29.6 Å². The zero-order valence-electron chi connectivity index (χ0n) is 27.9. The number of fused-ring (bicyclic) bond motifs is 5. The van der Waals surface area contributed by atoms with E-state index in [1.54, 1.807) is 31.3 Å². The number of aryl methyl sites for hydroxylation is 2. The number of carbonyl (C=O) groups excluding carboxylic acids is 2. The lowest BCUT2D eigenvalue weighted by Crippen LogP contribution is -2.59. The third kappa shape index (κ3) is 4.74. The van der Waals surface area contributed by atoms with Gasteiger partial charge in [-0.05, 0) is 45.9 Å². The Morgan fingerprint density at radius 3 is 2.27 bits per heavy atom. The van der Waals surface area contributed by atoms with Crippen LogP contribution in [0.25, 0.3) is 11.0 Å². The molecule has 4 heterocycles. The first kappa shape index (κ1) is 35.1. The van der Waals surface area contributed by atoms with Crippen LogP contribution in [0.5, 0.6) is 23.0 Å². The Hall–Kier alpha value is -4.29. The summed E-state index contributed by atoms with van der Waals surface area (Å²) < 4.78 is 21.4. The van der Waals surface area contributed by atoms with E-state index in [0.29, 0.717) is 37.2 Å². The van der Waals surface area contributed by atoms with Crippen molar-refractivity contribution in [2.75, 3.05) is 28.4 Å². The summed E-state index contributed by atoms with van der Waals surface area (Å²) in [6, 6.07) is 5.44. The standard InChI is InChI=1S/C33H31Cl2IN6O9/c1-38-20-13-23(50-4)22(49-3)12-19(20)37-18(27(38)44)7-8-40-30(47)41-9-6-16-21(42(41)31(40)48)14-32(34)28(45)39(2)29(46)33(32,35)25(16)15-10-17(36)26(43)24(11-15)51-5/h6,10-13,21,25,43H,7-9,14H2,1-5H3/t21-,25+,32-,33+/m1/s1. The van der Waals surface area contributed by atoms with E-state index in [0.717, 1.165) is 9.47 Å². The van der Waals surface area contributed by atoms with Gasteiger partial charge >= 0.3 is 11.4 Å². The minimum Gasteiger partial charge on any atom is -0.504 e. The molecule has 2 aromatic heterocycles. The molecule has 18 heteroatoms. The van der Waals surface area contributed by atoms with E-state index in [-0.39, 0.29) is 43.1 Å². The number of benzene rings is 2. The van der Waals surface area contributed by atoms with Crippen LogP contribution in [0.15, 0.2) is 50.3 Å². The second kappa shape index (κ2) is 12.2. The highest BCUT2D eigenvalue weighted by Gasteiger charge is 2.75. The van der Waals surface area contributed by atoms with Crippen molar-refractivity contribution in [2.45, 2.75) is 47.6 Å². The van der Waals surface area contributed by atoms with Gasteiger partial charge in [0, 0.05) is 51.5 Å². The molecule has 3 aliphatic rings. The van der Waals surface area contributed by atoms with Gasteiger partial charge in [-0.3, -0.25) is 19.3 Å². The molecule has 2 aromatic carbocycles. The summed E-state index contributed by atoms with van der Waals surface area (Å²) in [5.41, 5.74) is 0.214. The molecule has 268 valence electrons. The summed E-state index contributed by atoms with van der Waals surface area (Å²) in [5.74, 6) is -1.72. The molecule has 2 aliphatic heterocycles. The Morgan fingerprint density at radius 2 is 1.61 bits per heavy atom. The number of aromatic hydroxyl groups is 1. The smallest absolute Gasteiger partial charge is 0.347 e. The van der Waals surface area contributed by atoms with Crippen LogP contribution in [0.4, 0.5) is 0 Å². The van der Waals surface area contributed by atoms with Crippen LogP contribution in [0, 0.1) is 3.57 Å². The Balaban J connectivity index is 1.33. The predicted octanol–water partition coefficient (Wildman–Crippen LogP) is 2.26. The van der Waals surface area contributed by atoms with Gasteiger partial charge in [-0.15, -0.1) is 23.2 Å². The van der Waals surface area contributed by atoms with Crippen molar-refractivity contribution in [1.29, 1.82) is 0 Å². The number of ether oxygens (including phenoxy) is 3. The van der Waals surface area contributed by atoms with Crippen molar-refractivity contribution in [2.24, 2.45) is 7.05 Å². The number of aromatic nitrogens is 5. The van der Waals surface area contributed by atoms with Crippen LogP contribution in [-0.4, -0.2) is 83.4 Å². The lowest BCUT2D eigenvalue weighted by atomic mass is 9.64. The lowest BCUT2D eigenvalue weighted by molar-refractivity contribution is -0.137. The monoisotopic (exact) mass is 852 g/mol. The maximum atomic E-state index is 14.2. The Bertz CT molecular complexity index is 2420. The largest absolute Gasteiger partial charge is 0.504 e. The molecule has 15 nitrogen and oxygen atoms in total. The minimum atomic E-state index is -2.02. The van der Waals surface area contributed by atoms with Gasteiger partial charge in [0.25, 0.3) is 17.4 Å². The topological polar surface area (TPSA) is 169 Å². The molecule has 0 unspecified atom stereocenters. The van der Waals surface area contributed by atoms with E-state index in [4.69, 9.17) is 37.4 Å². The highest BCUT2D eigenvalue weighted by molar-refractivity contribution is 14.1. The summed E-state index contributed by atoms with van der Waals surface area (Å²) >= 11 is 16.4. The number of phenolic OH excluding ortho intramolecular Hbond substituents is 1. The van der Waals surface area contributed by atoms with Crippen LogP contribution < -0.4 is 31.1 Å². The predicted molar refractivity (Wildman–Crippen MR) is 194 cm³/mol. The summed E-state index contributed by atoms with van der Waals surface area (Å²) in [5, 5.41) is 10.6. The molecular weight excluding hydrogens is 822 g/mol. The first-order valence-corrected chi connectivity index (χ1v) is 17.5. The van der Waals surface area contributed by atoms with E-state index in [2.05, 4.69) is 4.98 Å². The zero-order valence-corrected chi connectivity index (χ0v) is 31.6. The zero-order chi connectivity index (χ0) is 36.9. The Morgan fingerprint density at radius 1 is 0.941 bits per heavy atom. The molecule has 2 fully saturated rings. The molecule has 1 saturated carbocycles. The van der Waals surface area contributed by atoms with Crippen molar-refractivity contribution in [3.8, 4) is 23.0 Å². The number of alkyl halides is 2. The fourth-order valence-electron chi connectivity index (χ4n) is 7.62. The van der Waals surface area contributed by atoms with Crippen LogP contribution in [0.2, 0.25) is 0 Å². The number of imide groups is 1. The third-order valence-corrected chi connectivity index (χ3v) is 12.4. The van der Waals surface area contributed by atoms with E-state index >= 15 is 0 Å². The number of hydrogen-bond acceptors (Lipinski definition) is 10. The second-order valence-electron chi connectivity index (χ2n) is 12.6. The molecule has 0 radical (unpaired) electrons. The summed E-state index contributed by atoms with van der Waals surface area (Å²) in [4.78, 5) is 70.3. The van der Waals surface area contributed by atoms with Gasteiger partial charge in [0.2, 0.25) is 0 Å². The molecular formula is C33H31Cl2IN6O9. The molecule has 1 saturated heterocycles. The molecule has 1 N–H and O–H groups in total. The molecule has 4 atom stereocenters. The normalized spacial score (nSPS) is 23.9. The van der Waals surface area contributed by atoms with Gasteiger partial charge in [0.05, 0.1) is 48.5 Å². The number of nitrogens with zero attached hydrogens (tertiary/aromatic N) is 6. The molecule has 4 aromatic rings. The van der Waals surface area contributed by atoms with Gasteiger partial charge in [0.15, 0.2) is 32.7 Å². The molecule has 1 aliphatic carbocycles. The first-order valence-electron chi connectivity index (χ1n) is 15.6. The molecule has 0 spiro atoms. The maximum Gasteiger partial charge on any atom is 0.347 e. The van der Waals surface area contributed by atoms with Crippen LogP contribution in [0.3, 0.4) is 0 Å². The number of phenols is 1. The number of amides is 2. The second-order valence-corrected chi connectivity index (χ2v) is 15.0. The lowest BCUT2D eigenvalue weighted by Gasteiger charge is -2.49. The summed E-state index contributed by atoms with van der Waals surface area (Å²) in [6.07, 6.45) is 1.38. The van der Waals surface area contributed by atoms with Crippen LogP contribution >= 0.6 is 45.8 Å². The highest BCUT2D eigenvalue weighted by Crippen LogP contribution is 2.63. The van der Waals surface area contributed by atoms with Gasteiger partial charge < -0.3 is 23.9 Å². The van der Waals surface area contributed by atoms with E-state index in [1.165, 1.54) is 48.4 Å². The van der Waals surface area contributed by atoms with Gasteiger partial charge in [0.1, 0.15) is 5.69 Å². The number of allylic oxidation sites excluding steroid dienone is 2. The molecule has 0 bridgehead atoms. The summed E-state index contributed by atoms with van der Waals surface area (Å²) in [7, 11) is 7.22. The first-order chi connectivity index (χ1) is 24.1. The molecule has 2 amide bonds. The Kier molecular flexibility index (Phi) is 8.37. The number of halogens is 3. The van der Waals surface area contributed by atoms with Crippen molar-refractivity contribution < 1.29 is 28.9 Å². The molecule has 7 rings (SSSR count). The number of rotatable bonds is 7. The van der Waals surface area contributed by atoms with Crippen molar-refractivity contribution >= 4 is 68.6 Å². The third-order valence-electron chi connectivity index (χ3n) is 10.2. The number of likely N-dealkylation sites (tertiary alicyclic amines) is 1. The SMILES string of the molecule is COc1cc2nc(CCn3c(=O)n4n(c3=O)[C@@H]3C[C@@]5(Cl)C(=O)N(C)C(=O)[C@@]5(Cl)[C@@H](c5cc(I)c(O)c(OC)c5)C3=CC4)c(=O)n(C)c2cc1OC. The van der Waals surface area contributed by atoms with Gasteiger partial charge in [-0.25, -0.2) is 28.5 Å². The molecule has 51 heavy (non-hydrogen) atoms. The van der Waals surface area contributed by atoms with Gasteiger partial charge in [-0.1, -0.05) is 6.08 Å². The minimum absolute atomic E-state index is 0.0581. The fraction of sp³-hybridized carbons (Fsp3) is 0.394. The van der Waals surface area contributed by atoms with Crippen molar-refractivity contribution in [3.05, 3.63) is 82.1 Å². The quantitative estimate of drug-likeness (QED) is 0.126. The number of carbonyl (C=O) groups is 2. The Labute approximate surface area is 312 Å². The summed E-state index contributed by atoms with van der Waals surface area (Å²) in [6.45, 7) is -0.246. The average molecular weight is 853 g/mol. The van der Waals surface area contributed by atoms with E-state index in [1.807, 2.05) is 22.6 Å². The van der Waals surface area contributed by atoms with E-state index in [9.17, 15) is 29.1 Å². The van der Waals surface area contributed by atoms with E-state index < -0.39 is 50.5 Å². The highest BCUT2D eigenvalue weighted by atomic mass is 127. The van der Waals surface area contributed by atoms with Gasteiger partial charge in [-0.2, -0.15) is 0 Å². The number of methoxy groups -OCH3 is 3. The van der Waals surface area contributed by atoms with Crippen LogP contribution in [-0.2, 0) is 36.1 Å². The maximum absolute atomic E-state index is 14.2. The average Bonchev–Trinajstić information content (AvgIpc) is 3.43. The fourth-order valence-corrected chi connectivity index (χ4v) is 9.25.